The van der Waals surface area contributed by atoms with E-state index in [1.807, 2.05) is 12.1 Å². The summed E-state index contributed by atoms with van der Waals surface area (Å²) in [6.45, 7) is 2.11. The summed E-state index contributed by atoms with van der Waals surface area (Å²) in [7, 11) is 1.70. The normalized spacial score (nSPS) is 11.1. The Bertz CT molecular complexity index is 667. The van der Waals surface area contributed by atoms with Crippen molar-refractivity contribution in [2.24, 2.45) is 0 Å². The number of nitrogens with one attached hydrogen (secondary N) is 1. The third-order valence-electron chi connectivity index (χ3n) is 2.97. The molecule has 1 aromatic heterocycles. The number of methoxy groups -OCH3 is 1. The Hall–Kier alpha value is -1.96. The second-order valence-corrected chi connectivity index (χ2v) is 4.06. The number of fused-ring (bicyclic) bond motifs is 3. The minimum atomic E-state index is 0.895. The highest BCUT2D eigenvalue weighted by atomic mass is 16.5. The van der Waals surface area contributed by atoms with E-state index in [2.05, 4.69) is 36.2 Å². The summed E-state index contributed by atoms with van der Waals surface area (Å²) < 4.78 is 5.36. The maximum Gasteiger partial charge on any atom is 0.142 e. The number of aromatic nitrogens is 1. The van der Waals surface area contributed by atoms with Crippen LogP contribution in [0.1, 0.15) is 5.56 Å². The third-order valence-corrected chi connectivity index (χ3v) is 2.97. The van der Waals surface area contributed by atoms with Gasteiger partial charge in [0.05, 0.1) is 12.6 Å². The molecule has 0 fully saturated rings. The number of hydrogen-bond acceptors (Lipinski definition) is 1. The minimum absolute atomic E-state index is 0.895. The molecule has 0 aliphatic carbocycles. The second-order valence-electron chi connectivity index (χ2n) is 4.06. The van der Waals surface area contributed by atoms with Crippen LogP contribution in [-0.4, -0.2) is 12.1 Å². The lowest BCUT2D eigenvalue weighted by molar-refractivity contribution is 0.419. The van der Waals surface area contributed by atoms with Crippen molar-refractivity contribution < 1.29 is 4.74 Å². The summed E-state index contributed by atoms with van der Waals surface area (Å²) in [5.74, 6) is 0.895. The van der Waals surface area contributed by atoms with E-state index in [9.17, 15) is 0 Å². The van der Waals surface area contributed by atoms with Crippen molar-refractivity contribution >= 4 is 21.8 Å². The van der Waals surface area contributed by atoms with Crippen LogP contribution >= 0.6 is 0 Å². The second kappa shape index (κ2) is 3.27. The van der Waals surface area contributed by atoms with Gasteiger partial charge in [0, 0.05) is 16.3 Å². The van der Waals surface area contributed by atoms with Crippen molar-refractivity contribution in [2.75, 3.05) is 7.11 Å². The van der Waals surface area contributed by atoms with Crippen LogP contribution in [0.5, 0.6) is 5.75 Å². The highest BCUT2D eigenvalue weighted by molar-refractivity contribution is 6.09. The molecule has 3 aromatic rings. The molecular formula is C14H13NO. The van der Waals surface area contributed by atoms with Gasteiger partial charge in [-0.05, 0) is 25.1 Å². The van der Waals surface area contributed by atoms with Crippen LogP contribution in [0.3, 0.4) is 0 Å². The summed E-state index contributed by atoms with van der Waals surface area (Å²) in [6, 6.07) is 12.6. The van der Waals surface area contributed by atoms with Gasteiger partial charge in [0.15, 0.2) is 0 Å². The van der Waals surface area contributed by atoms with Gasteiger partial charge in [-0.25, -0.2) is 0 Å². The Labute approximate surface area is 93.8 Å². The van der Waals surface area contributed by atoms with Crippen molar-refractivity contribution in [3.8, 4) is 5.75 Å². The molecule has 0 unspecified atom stereocenters. The van der Waals surface area contributed by atoms with Gasteiger partial charge >= 0.3 is 0 Å². The molecule has 0 aliphatic heterocycles. The van der Waals surface area contributed by atoms with Gasteiger partial charge in [-0.15, -0.1) is 0 Å². The smallest absolute Gasteiger partial charge is 0.142 e. The fourth-order valence-electron chi connectivity index (χ4n) is 2.18. The average Bonchev–Trinajstić information content (AvgIpc) is 2.67. The van der Waals surface area contributed by atoms with Crippen LogP contribution < -0.4 is 4.74 Å². The van der Waals surface area contributed by atoms with E-state index in [-0.39, 0.29) is 0 Å². The van der Waals surface area contributed by atoms with E-state index < -0.39 is 0 Å². The molecule has 1 heterocycles. The quantitative estimate of drug-likeness (QED) is 0.653. The lowest BCUT2D eigenvalue weighted by Crippen LogP contribution is -1.82. The molecule has 0 aliphatic rings. The van der Waals surface area contributed by atoms with Crippen LogP contribution in [0.15, 0.2) is 36.4 Å². The van der Waals surface area contributed by atoms with Gasteiger partial charge in [-0.3, -0.25) is 0 Å². The molecule has 0 saturated heterocycles. The maximum absolute atomic E-state index is 5.36. The zero-order valence-corrected chi connectivity index (χ0v) is 9.37. The number of ether oxygens (including phenoxy) is 1. The number of aromatic amines is 1. The maximum atomic E-state index is 5.36. The Morgan fingerprint density at radius 1 is 1.06 bits per heavy atom. The number of aryl methyl sites for hydroxylation is 1. The zero-order chi connectivity index (χ0) is 11.1. The van der Waals surface area contributed by atoms with Crippen LogP contribution in [-0.2, 0) is 0 Å². The van der Waals surface area contributed by atoms with Gasteiger partial charge in [-0.2, -0.15) is 0 Å². The molecule has 0 radical (unpaired) electrons. The Kier molecular flexibility index (Phi) is 1.90. The van der Waals surface area contributed by atoms with E-state index in [1.165, 1.54) is 16.3 Å². The summed E-state index contributed by atoms with van der Waals surface area (Å²) >= 11 is 0. The largest absolute Gasteiger partial charge is 0.495 e. The fraction of sp³-hybridized carbons (Fsp3) is 0.143. The van der Waals surface area contributed by atoms with Gasteiger partial charge < -0.3 is 9.72 Å². The lowest BCUT2D eigenvalue weighted by Gasteiger charge is -1.99. The SMILES string of the molecule is COc1cccc2c1[nH]c1ccc(C)cc12. The van der Waals surface area contributed by atoms with Gasteiger partial charge in [0.2, 0.25) is 0 Å². The molecular weight excluding hydrogens is 198 g/mol. The molecule has 16 heavy (non-hydrogen) atoms. The summed E-state index contributed by atoms with van der Waals surface area (Å²) in [5, 5.41) is 2.48. The standard InChI is InChI=1S/C14H13NO/c1-9-6-7-12-11(8-9)10-4-3-5-13(16-2)14(10)15-12/h3-8,15H,1-2H3. The number of benzene rings is 2. The molecule has 3 rings (SSSR count). The van der Waals surface area contributed by atoms with Gasteiger partial charge in [0.1, 0.15) is 5.75 Å². The fourth-order valence-corrected chi connectivity index (χ4v) is 2.18. The van der Waals surface area contributed by atoms with Crippen LogP contribution in [0.4, 0.5) is 0 Å². The van der Waals surface area contributed by atoms with E-state index in [1.54, 1.807) is 7.11 Å². The molecule has 1 N–H and O–H groups in total. The highest BCUT2D eigenvalue weighted by Crippen LogP contribution is 2.31. The molecule has 0 spiro atoms. The van der Waals surface area contributed by atoms with E-state index >= 15 is 0 Å². The third kappa shape index (κ3) is 1.20. The minimum Gasteiger partial charge on any atom is -0.495 e. The van der Waals surface area contributed by atoms with Gasteiger partial charge in [-0.1, -0.05) is 23.8 Å². The first-order valence-corrected chi connectivity index (χ1v) is 5.34. The molecule has 80 valence electrons. The molecule has 0 atom stereocenters. The van der Waals surface area contributed by atoms with E-state index in [4.69, 9.17) is 4.74 Å². The van der Waals surface area contributed by atoms with Crippen molar-refractivity contribution in [3.05, 3.63) is 42.0 Å². The van der Waals surface area contributed by atoms with E-state index in [0.29, 0.717) is 0 Å². The van der Waals surface area contributed by atoms with Crippen LogP contribution in [0.25, 0.3) is 21.8 Å². The number of rotatable bonds is 1. The summed E-state index contributed by atoms with van der Waals surface area (Å²) in [4.78, 5) is 3.40. The van der Waals surface area contributed by atoms with Crippen LogP contribution in [0, 0.1) is 6.92 Å². The number of para-hydroxylation sites is 1. The lowest BCUT2D eigenvalue weighted by atomic mass is 10.1. The zero-order valence-electron chi connectivity index (χ0n) is 9.37. The Morgan fingerprint density at radius 3 is 2.75 bits per heavy atom. The predicted molar refractivity (Wildman–Crippen MR) is 67.1 cm³/mol. The number of hydrogen-bond donors (Lipinski definition) is 1. The first-order valence-electron chi connectivity index (χ1n) is 5.34. The Balaban J connectivity index is 2.50. The first-order chi connectivity index (χ1) is 7.79. The molecule has 0 bridgehead atoms. The first kappa shape index (κ1) is 9.28. The molecule has 2 nitrogen and oxygen atoms in total. The van der Waals surface area contributed by atoms with Crippen molar-refractivity contribution in [2.45, 2.75) is 6.92 Å². The Morgan fingerprint density at radius 2 is 1.94 bits per heavy atom. The topological polar surface area (TPSA) is 25.0 Å². The molecule has 2 aromatic carbocycles. The van der Waals surface area contributed by atoms with E-state index in [0.717, 1.165) is 16.8 Å². The predicted octanol–water partition coefficient (Wildman–Crippen LogP) is 3.64. The summed E-state index contributed by atoms with van der Waals surface area (Å²) in [6.07, 6.45) is 0. The van der Waals surface area contributed by atoms with Gasteiger partial charge in [0.25, 0.3) is 0 Å². The van der Waals surface area contributed by atoms with Crippen molar-refractivity contribution in [1.29, 1.82) is 0 Å². The van der Waals surface area contributed by atoms with Crippen molar-refractivity contribution in [1.82, 2.24) is 4.98 Å². The summed E-state index contributed by atoms with van der Waals surface area (Å²) in [5.41, 5.74) is 3.51. The monoisotopic (exact) mass is 211 g/mol. The molecule has 0 saturated carbocycles. The molecule has 2 heteroatoms. The number of H-pyrrole nitrogens is 1. The highest BCUT2D eigenvalue weighted by Gasteiger charge is 2.07. The van der Waals surface area contributed by atoms with Crippen molar-refractivity contribution in [3.63, 3.8) is 0 Å². The average molecular weight is 211 g/mol. The van der Waals surface area contributed by atoms with Crippen LogP contribution in [0.2, 0.25) is 0 Å². The molecule has 0 amide bonds.